The number of likely N-dealkylation sites (N-methyl/N-ethyl adjacent to an activating group) is 1. The van der Waals surface area contributed by atoms with Crippen molar-refractivity contribution in [3.05, 3.63) is 36.0 Å². The number of hydrogen-bond donors (Lipinski definition) is 3. The summed E-state index contributed by atoms with van der Waals surface area (Å²) in [5.74, 6) is -0.0687. The number of benzene rings is 1. The van der Waals surface area contributed by atoms with E-state index in [9.17, 15) is 9.90 Å². The van der Waals surface area contributed by atoms with Crippen LogP contribution in [0.3, 0.4) is 0 Å². The highest BCUT2D eigenvalue weighted by atomic mass is 16.3. The van der Waals surface area contributed by atoms with Gasteiger partial charge in [-0.3, -0.25) is 4.79 Å². The summed E-state index contributed by atoms with van der Waals surface area (Å²) in [7, 11) is 1.74. The monoisotopic (exact) mass is 259 g/mol. The van der Waals surface area contributed by atoms with E-state index in [2.05, 4.69) is 10.3 Å². The van der Waals surface area contributed by atoms with Gasteiger partial charge in [0.25, 0.3) is 5.91 Å². The third kappa shape index (κ3) is 2.01. The highest BCUT2D eigenvalue weighted by molar-refractivity contribution is 6.05. The fourth-order valence-electron chi connectivity index (χ4n) is 2.65. The van der Waals surface area contributed by atoms with Gasteiger partial charge in [0.2, 0.25) is 0 Å². The quantitative estimate of drug-likeness (QED) is 0.738. The van der Waals surface area contributed by atoms with Crippen molar-refractivity contribution < 1.29 is 9.90 Å². The van der Waals surface area contributed by atoms with Gasteiger partial charge in [-0.1, -0.05) is 12.1 Å². The van der Waals surface area contributed by atoms with Crippen molar-refractivity contribution in [1.82, 2.24) is 15.2 Å². The lowest BCUT2D eigenvalue weighted by Crippen LogP contribution is -2.44. The SMILES string of the molecule is CN(C(=O)c1cccc2cc[nH]c12)[C@@H]1CNC[C@H]1O. The molecule has 2 heterocycles. The molecule has 0 unspecified atom stereocenters. The van der Waals surface area contributed by atoms with E-state index >= 15 is 0 Å². The van der Waals surface area contributed by atoms with E-state index in [4.69, 9.17) is 0 Å². The van der Waals surface area contributed by atoms with E-state index in [1.54, 1.807) is 11.9 Å². The summed E-state index contributed by atoms with van der Waals surface area (Å²) in [5.41, 5.74) is 1.49. The molecule has 3 rings (SSSR count). The Balaban J connectivity index is 1.93. The summed E-state index contributed by atoms with van der Waals surface area (Å²) in [6, 6.07) is 7.43. The van der Waals surface area contributed by atoms with E-state index in [0.717, 1.165) is 10.9 Å². The first-order chi connectivity index (χ1) is 9.18. The van der Waals surface area contributed by atoms with Crippen LogP contribution in [0, 0.1) is 0 Å². The van der Waals surface area contributed by atoms with E-state index in [1.807, 2.05) is 30.5 Å². The molecule has 1 aliphatic heterocycles. The first-order valence-corrected chi connectivity index (χ1v) is 6.40. The fraction of sp³-hybridized carbons (Fsp3) is 0.357. The number of aliphatic hydroxyl groups excluding tert-OH is 1. The maximum Gasteiger partial charge on any atom is 0.256 e. The number of aromatic amines is 1. The van der Waals surface area contributed by atoms with Gasteiger partial charge in [0.15, 0.2) is 0 Å². The number of nitrogens with zero attached hydrogens (tertiary/aromatic N) is 1. The number of para-hydroxylation sites is 1. The highest BCUT2D eigenvalue weighted by Crippen LogP contribution is 2.20. The maximum absolute atomic E-state index is 12.6. The topological polar surface area (TPSA) is 68.4 Å². The maximum atomic E-state index is 12.6. The minimum absolute atomic E-state index is 0.0687. The Hall–Kier alpha value is -1.85. The number of amides is 1. The molecule has 0 spiro atoms. The van der Waals surface area contributed by atoms with Crippen LogP contribution in [0.5, 0.6) is 0 Å². The third-order valence-corrected chi connectivity index (χ3v) is 3.79. The van der Waals surface area contributed by atoms with Gasteiger partial charge < -0.3 is 20.3 Å². The van der Waals surface area contributed by atoms with Crippen molar-refractivity contribution in [2.45, 2.75) is 12.1 Å². The number of fused-ring (bicyclic) bond motifs is 1. The molecular formula is C14H17N3O2. The van der Waals surface area contributed by atoms with Crippen molar-refractivity contribution in [1.29, 1.82) is 0 Å². The fourth-order valence-corrected chi connectivity index (χ4v) is 2.65. The molecule has 1 fully saturated rings. The van der Waals surface area contributed by atoms with E-state index < -0.39 is 6.10 Å². The van der Waals surface area contributed by atoms with Gasteiger partial charge in [-0.15, -0.1) is 0 Å². The average molecular weight is 259 g/mol. The molecule has 3 N–H and O–H groups in total. The van der Waals surface area contributed by atoms with Crippen LogP contribution < -0.4 is 5.32 Å². The molecule has 1 aromatic heterocycles. The zero-order valence-electron chi connectivity index (χ0n) is 10.8. The van der Waals surface area contributed by atoms with Gasteiger partial charge in [-0.05, 0) is 12.1 Å². The average Bonchev–Trinajstić information content (AvgIpc) is 3.04. The van der Waals surface area contributed by atoms with E-state index in [-0.39, 0.29) is 11.9 Å². The lowest BCUT2D eigenvalue weighted by atomic mass is 10.1. The Kier molecular flexibility index (Phi) is 3.00. The molecular weight excluding hydrogens is 242 g/mol. The van der Waals surface area contributed by atoms with Crippen LogP contribution in [-0.4, -0.2) is 53.2 Å². The zero-order chi connectivity index (χ0) is 13.4. The summed E-state index contributed by atoms with van der Waals surface area (Å²) in [6.07, 6.45) is 1.32. The van der Waals surface area contributed by atoms with Crippen molar-refractivity contribution >= 4 is 16.8 Å². The third-order valence-electron chi connectivity index (χ3n) is 3.79. The molecule has 0 radical (unpaired) electrons. The molecule has 0 aliphatic carbocycles. The Morgan fingerprint density at radius 2 is 2.21 bits per heavy atom. The number of aliphatic hydroxyl groups is 1. The second-order valence-corrected chi connectivity index (χ2v) is 4.96. The van der Waals surface area contributed by atoms with Gasteiger partial charge in [0.1, 0.15) is 0 Å². The molecule has 100 valence electrons. The van der Waals surface area contributed by atoms with Crippen molar-refractivity contribution in [2.75, 3.05) is 20.1 Å². The molecule has 1 aromatic carbocycles. The van der Waals surface area contributed by atoms with Gasteiger partial charge in [-0.2, -0.15) is 0 Å². The minimum Gasteiger partial charge on any atom is -0.390 e. The van der Waals surface area contributed by atoms with Crippen LogP contribution in [-0.2, 0) is 0 Å². The molecule has 19 heavy (non-hydrogen) atoms. The molecule has 1 aliphatic rings. The Bertz CT molecular complexity index is 608. The second kappa shape index (κ2) is 4.68. The second-order valence-electron chi connectivity index (χ2n) is 4.96. The number of rotatable bonds is 2. The van der Waals surface area contributed by atoms with Gasteiger partial charge in [-0.25, -0.2) is 0 Å². The molecule has 2 atom stereocenters. The summed E-state index contributed by atoms with van der Waals surface area (Å²) in [4.78, 5) is 17.3. The van der Waals surface area contributed by atoms with Crippen LogP contribution >= 0.6 is 0 Å². The number of hydrogen-bond acceptors (Lipinski definition) is 3. The normalized spacial score (nSPS) is 22.8. The van der Waals surface area contributed by atoms with Crippen LogP contribution in [0.2, 0.25) is 0 Å². The summed E-state index contributed by atoms with van der Waals surface area (Å²) < 4.78 is 0. The molecule has 0 saturated carbocycles. The molecule has 5 heteroatoms. The number of carbonyl (C=O) groups excluding carboxylic acids is 1. The number of carbonyl (C=O) groups is 1. The molecule has 1 amide bonds. The highest BCUT2D eigenvalue weighted by Gasteiger charge is 2.32. The lowest BCUT2D eigenvalue weighted by Gasteiger charge is -2.26. The zero-order valence-corrected chi connectivity index (χ0v) is 10.8. The van der Waals surface area contributed by atoms with E-state index in [1.165, 1.54) is 0 Å². The summed E-state index contributed by atoms with van der Waals surface area (Å²) in [6.45, 7) is 1.17. The standard InChI is InChI=1S/C14H17N3O2/c1-17(11-7-15-8-12(11)18)14(19)10-4-2-3-9-5-6-16-13(9)10/h2-6,11-12,15-16,18H,7-8H2,1H3/t11-,12-/m1/s1. The Morgan fingerprint density at radius 3 is 2.95 bits per heavy atom. The first-order valence-electron chi connectivity index (χ1n) is 6.40. The van der Waals surface area contributed by atoms with E-state index in [0.29, 0.717) is 18.7 Å². The molecule has 1 saturated heterocycles. The number of aromatic nitrogens is 1. The molecule has 5 nitrogen and oxygen atoms in total. The van der Waals surface area contributed by atoms with Gasteiger partial charge in [0, 0.05) is 31.7 Å². The Morgan fingerprint density at radius 1 is 1.37 bits per heavy atom. The predicted octanol–water partition coefficient (Wildman–Crippen LogP) is 0.573. The minimum atomic E-state index is -0.503. The number of H-pyrrole nitrogens is 1. The largest absolute Gasteiger partial charge is 0.390 e. The van der Waals surface area contributed by atoms with Gasteiger partial charge >= 0.3 is 0 Å². The van der Waals surface area contributed by atoms with Crippen LogP contribution in [0.25, 0.3) is 10.9 Å². The smallest absolute Gasteiger partial charge is 0.256 e. The Labute approximate surface area is 111 Å². The summed E-state index contributed by atoms with van der Waals surface area (Å²) >= 11 is 0. The first kappa shape index (κ1) is 12.2. The van der Waals surface area contributed by atoms with Crippen LogP contribution in [0.1, 0.15) is 10.4 Å². The van der Waals surface area contributed by atoms with Gasteiger partial charge in [0.05, 0.1) is 23.2 Å². The molecule has 0 bridgehead atoms. The summed E-state index contributed by atoms with van der Waals surface area (Å²) in [5, 5.41) is 14.0. The van der Waals surface area contributed by atoms with Crippen LogP contribution in [0.4, 0.5) is 0 Å². The van der Waals surface area contributed by atoms with Crippen molar-refractivity contribution in [3.8, 4) is 0 Å². The van der Waals surface area contributed by atoms with Crippen molar-refractivity contribution in [3.63, 3.8) is 0 Å². The van der Waals surface area contributed by atoms with Crippen molar-refractivity contribution in [2.24, 2.45) is 0 Å². The number of β-amino-alcohol motifs (C(OH)–C–C–N with tert-alkyl or cyclic N) is 1. The van der Waals surface area contributed by atoms with Crippen LogP contribution in [0.15, 0.2) is 30.5 Å². The molecule has 2 aromatic rings. The number of nitrogens with one attached hydrogen (secondary N) is 2. The lowest BCUT2D eigenvalue weighted by molar-refractivity contribution is 0.0583. The predicted molar refractivity (Wildman–Crippen MR) is 73.1 cm³/mol.